The Morgan fingerprint density at radius 1 is 1.18 bits per heavy atom. The third-order valence-electron chi connectivity index (χ3n) is 5.29. The number of benzene rings is 1. The predicted molar refractivity (Wildman–Crippen MR) is 135 cm³/mol. The second kappa shape index (κ2) is 12.9. The average molecular weight is 577 g/mol. The summed E-state index contributed by atoms with van der Waals surface area (Å²) in [7, 11) is 1.70. The monoisotopic (exact) mass is 577 g/mol. The fourth-order valence-electron chi connectivity index (χ4n) is 3.65. The van der Waals surface area contributed by atoms with Crippen molar-refractivity contribution in [2.75, 3.05) is 38.5 Å². The summed E-state index contributed by atoms with van der Waals surface area (Å²) in [5.41, 5.74) is 1.66. The SMILES string of the molecule is CN=C(NCCNc1nccc(C(F)(F)F)n1)NC1CCN(Cc2cccc(C)c2)CC1.I. The molecule has 2 aromatic rings. The maximum absolute atomic E-state index is 12.7. The van der Waals surface area contributed by atoms with Crippen LogP contribution in [0, 0.1) is 6.92 Å². The van der Waals surface area contributed by atoms with Crippen LogP contribution >= 0.6 is 24.0 Å². The van der Waals surface area contributed by atoms with Crippen molar-refractivity contribution in [3.05, 3.63) is 53.3 Å². The summed E-state index contributed by atoms with van der Waals surface area (Å²) in [6.45, 7) is 5.92. The Labute approximate surface area is 209 Å². The lowest BCUT2D eigenvalue weighted by Crippen LogP contribution is -2.49. The molecule has 1 aliphatic rings. The molecule has 0 amide bonds. The molecule has 7 nitrogen and oxygen atoms in total. The van der Waals surface area contributed by atoms with E-state index >= 15 is 0 Å². The molecule has 0 spiro atoms. The summed E-state index contributed by atoms with van der Waals surface area (Å²) < 4.78 is 38.2. The number of hydrogen-bond acceptors (Lipinski definition) is 5. The summed E-state index contributed by atoms with van der Waals surface area (Å²) in [5.74, 6) is 0.624. The Balaban J connectivity index is 0.00000385. The van der Waals surface area contributed by atoms with Crippen LogP contribution in [-0.2, 0) is 12.7 Å². The number of aliphatic imine (C=N–C) groups is 1. The number of nitrogens with one attached hydrogen (secondary N) is 3. The van der Waals surface area contributed by atoms with Gasteiger partial charge < -0.3 is 16.0 Å². The van der Waals surface area contributed by atoms with Gasteiger partial charge in [-0.3, -0.25) is 9.89 Å². The second-order valence-corrected chi connectivity index (χ2v) is 7.87. The number of guanidine groups is 1. The fraction of sp³-hybridized carbons (Fsp3) is 0.500. The van der Waals surface area contributed by atoms with Gasteiger partial charge in [0.2, 0.25) is 5.95 Å². The summed E-state index contributed by atoms with van der Waals surface area (Å²) >= 11 is 0. The first-order valence-corrected chi connectivity index (χ1v) is 10.7. The Morgan fingerprint density at radius 2 is 1.94 bits per heavy atom. The van der Waals surface area contributed by atoms with Gasteiger partial charge in [0.25, 0.3) is 0 Å². The highest BCUT2D eigenvalue weighted by atomic mass is 127. The zero-order valence-electron chi connectivity index (χ0n) is 18.8. The largest absolute Gasteiger partial charge is 0.433 e. The molecule has 33 heavy (non-hydrogen) atoms. The van der Waals surface area contributed by atoms with Gasteiger partial charge in [0.15, 0.2) is 5.96 Å². The second-order valence-electron chi connectivity index (χ2n) is 7.87. The minimum atomic E-state index is -4.49. The topological polar surface area (TPSA) is 77.5 Å². The molecule has 0 radical (unpaired) electrons. The van der Waals surface area contributed by atoms with Gasteiger partial charge in [0.05, 0.1) is 0 Å². The summed E-state index contributed by atoms with van der Waals surface area (Å²) in [4.78, 5) is 14.0. The molecule has 11 heteroatoms. The Hall–Kier alpha value is -2.15. The quantitative estimate of drug-likeness (QED) is 0.202. The van der Waals surface area contributed by atoms with E-state index in [0.717, 1.165) is 44.7 Å². The van der Waals surface area contributed by atoms with E-state index in [9.17, 15) is 13.2 Å². The maximum Gasteiger partial charge on any atom is 0.433 e. The van der Waals surface area contributed by atoms with Crippen LogP contribution in [0.3, 0.4) is 0 Å². The van der Waals surface area contributed by atoms with Gasteiger partial charge >= 0.3 is 6.18 Å². The molecule has 182 valence electrons. The molecule has 0 saturated carbocycles. The molecule has 0 atom stereocenters. The summed E-state index contributed by atoms with van der Waals surface area (Å²) in [6.07, 6.45) is -1.36. The van der Waals surface area contributed by atoms with Crippen LogP contribution < -0.4 is 16.0 Å². The molecule has 1 aromatic heterocycles. The van der Waals surface area contributed by atoms with Crippen LogP contribution in [0.1, 0.15) is 29.7 Å². The molecular weight excluding hydrogens is 546 g/mol. The number of halogens is 4. The van der Waals surface area contributed by atoms with Gasteiger partial charge in [-0.15, -0.1) is 24.0 Å². The highest BCUT2D eigenvalue weighted by Gasteiger charge is 2.32. The highest BCUT2D eigenvalue weighted by molar-refractivity contribution is 14.0. The van der Waals surface area contributed by atoms with E-state index in [-0.39, 0.29) is 29.9 Å². The van der Waals surface area contributed by atoms with Crippen LogP contribution in [-0.4, -0.2) is 60.1 Å². The molecule has 0 unspecified atom stereocenters. The van der Waals surface area contributed by atoms with Crippen LogP contribution in [0.2, 0.25) is 0 Å². The molecule has 3 rings (SSSR count). The normalized spacial score (nSPS) is 15.6. The lowest BCUT2D eigenvalue weighted by Gasteiger charge is -2.33. The smallest absolute Gasteiger partial charge is 0.355 e. The molecule has 0 bridgehead atoms. The third kappa shape index (κ3) is 8.95. The van der Waals surface area contributed by atoms with E-state index in [2.05, 4.69) is 67.0 Å². The minimum absolute atomic E-state index is 0. The van der Waals surface area contributed by atoms with Crippen molar-refractivity contribution in [1.82, 2.24) is 25.5 Å². The first-order chi connectivity index (χ1) is 15.3. The van der Waals surface area contributed by atoms with Gasteiger partial charge in [-0.1, -0.05) is 29.8 Å². The van der Waals surface area contributed by atoms with Gasteiger partial charge in [-0.25, -0.2) is 9.97 Å². The number of aryl methyl sites for hydroxylation is 1. The highest BCUT2D eigenvalue weighted by Crippen LogP contribution is 2.27. The molecule has 1 aliphatic heterocycles. The van der Waals surface area contributed by atoms with Crippen molar-refractivity contribution >= 4 is 35.9 Å². The number of piperidine rings is 1. The summed E-state index contributed by atoms with van der Waals surface area (Å²) in [6, 6.07) is 9.79. The van der Waals surface area contributed by atoms with Crippen molar-refractivity contribution < 1.29 is 13.2 Å². The average Bonchev–Trinajstić information content (AvgIpc) is 2.77. The minimum Gasteiger partial charge on any atom is -0.355 e. The Morgan fingerprint density at radius 3 is 2.61 bits per heavy atom. The maximum atomic E-state index is 12.7. The van der Waals surface area contributed by atoms with E-state index in [1.54, 1.807) is 7.05 Å². The lowest BCUT2D eigenvalue weighted by molar-refractivity contribution is -0.141. The summed E-state index contributed by atoms with van der Waals surface area (Å²) in [5, 5.41) is 9.40. The number of aromatic nitrogens is 2. The lowest BCUT2D eigenvalue weighted by atomic mass is 10.0. The number of likely N-dealkylation sites (tertiary alicyclic amines) is 1. The van der Waals surface area contributed by atoms with Crippen LogP contribution in [0.4, 0.5) is 19.1 Å². The first-order valence-electron chi connectivity index (χ1n) is 10.7. The van der Waals surface area contributed by atoms with Crippen molar-refractivity contribution in [3.8, 4) is 0 Å². The molecular formula is C22H31F3IN7. The first kappa shape index (κ1) is 27.1. The zero-order valence-corrected chi connectivity index (χ0v) is 21.2. The van der Waals surface area contributed by atoms with Gasteiger partial charge in [0.1, 0.15) is 5.69 Å². The molecule has 0 aliphatic carbocycles. The number of alkyl halides is 3. The van der Waals surface area contributed by atoms with Crippen molar-refractivity contribution in [2.45, 2.75) is 38.5 Å². The van der Waals surface area contributed by atoms with Crippen molar-refractivity contribution in [1.29, 1.82) is 0 Å². The van der Waals surface area contributed by atoms with Crippen LogP contribution in [0.25, 0.3) is 0 Å². The Kier molecular flexibility index (Phi) is 10.6. The van der Waals surface area contributed by atoms with Gasteiger partial charge in [0, 0.05) is 52.0 Å². The van der Waals surface area contributed by atoms with Gasteiger partial charge in [-0.2, -0.15) is 13.2 Å². The molecule has 2 heterocycles. The number of hydrogen-bond donors (Lipinski definition) is 3. The molecule has 1 fully saturated rings. The van der Waals surface area contributed by atoms with Crippen LogP contribution in [0.5, 0.6) is 0 Å². The van der Waals surface area contributed by atoms with E-state index in [1.165, 1.54) is 11.1 Å². The molecule has 3 N–H and O–H groups in total. The van der Waals surface area contributed by atoms with Crippen molar-refractivity contribution in [2.24, 2.45) is 4.99 Å². The number of rotatable bonds is 7. The third-order valence-corrected chi connectivity index (χ3v) is 5.29. The standard InChI is InChI=1S/C22H30F3N7.HI/c1-16-4-3-5-17(14-16)15-32-12-7-18(8-13-32)30-20(26-2)28-10-11-29-21-27-9-6-19(31-21)22(23,24)25;/h3-6,9,14,18H,7-8,10-13,15H2,1-2H3,(H2,26,28,30)(H,27,29,31);1H. The number of nitrogens with zero attached hydrogens (tertiary/aromatic N) is 4. The van der Waals surface area contributed by atoms with E-state index in [4.69, 9.17) is 0 Å². The van der Waals surface area contributed by atoms with E-state index < -0.39 is 11.9 Å². The van der Waals surface area contributed by atoms with Crippen LogP contribution in [0.15, 0.2) is 41.5 Å². The van der Waals surface area contributed by atoms with E-state index in [0.29, 0.717) is 25.1 Å². The zero-order chi connectivity index (χ0) is 23.0. The number of anilines is 1. The molecule has 1 saturated heterocycles. The fourth-order valence-corrected chi connectivity index (χ4v) is 3.65. The van der Waals surface area contributed by atoms with Gasteiger partial charge in [-0.05, 0) is 31.4 Å². The van der Waals surface area contributed by atoms with Crippen molar-refractivity contribution in [3.63, 3.8) is 0 Å². The predicted octanol–water partition coefficient (Wildman–Crippen LogP) is 3.66. The molecule has 1 aromatic carbocycles. The van der Waals surface area contributed by atoms with E-state index in [1.807, 2.05) is 0 Å². The Bertz CT molecular complexity index is 900.